The Morgan fingerprint density at radius 2 is 1.68 bits per heavy atom. The van der Waals surface area contributed by atoms with E-state index in [2.05, 4.69) is 15.2 Å². The number of ether oxygens (including phenoxy) is 3. The molecule has 9 nitrogen and oxygen atoms in total. The Hall–Kier alpha value is -3.79. The number of rotatable bonds is 9. The summed E-state index contributed by atoms with van der Waals surface area (Å²) in [6.07, 6.45) is 1.86. The van der Waals surface area contributed by atoms with E-state index in [4.69, 9.17) is 14.2 Å². The average Bonchev–Trinajstić information content (AvgIpc) is 3.46. The van der Waals surface area contributed by atoms with Crippen LogP contribution in [0.15, 0.2) is 59.9 Å². The van der Waals surface area contributed by atoms with Gasteiger partial charge in [0.15, 0.2) is 11.0 Å². The van der Waals surface area contributed by atoms with Gasteiger partial charge >= 0.3 is 11.9 Å². The van der Waals surface area contributed by atoms with Crippen LogP contribution in [0.2, 0.25) is 0 Å². The number of hydrogen-bond acceptors (Lipinski definition) is 8. The minimum Gasteiger partial charge on any atom is -0.497 e. The van der Waals surface area contributed by atoms with Crippen molar-refractivity contribution in [1.82, 2.24) is 19.7 Å². The highest BCUT2D eigenvalue weighted by Gasteiger charge is 2.34. The van der Waals surface area contributed by atoms with Gasteiger partial charge in [-0.1, -0.05) is 30.0 Å². The van der Waals surface area contributed by atoms with Gasteiger partial charge in [0, 0.05) is 22.7 Å². The number of aromatic amines is 1. The summed E-state index contributed by atoms with van der Waals surface area (Å²) in [7, 11) is 1.59. The summed E-state index contributed by atoms with van der Waals surface area (Å²) in [5.74, 6) is -0.139. The second-order valence-corrected chi connectivity index (χ2v) is 8.16. The molecule has 0 aliphatic heterocycles. The first-order valence-electron chi connectivity index (χ1n) is 10.7. The lowest BCUT2D eigenvalue weighted by atomic mass is 10.1. The van der Waals surface area contributed by atoms with E-state index in [9.17, 15) is 9.59 Å². The molecule has 176 valence electrons. The molecule has 0 fully saturated rings. The van der Waals surface area contributed by atoms with Crippen LogP contribution >= 0.6 is 11.8 Å². The van der Waals surface area contributed by atoms with Gasteiger partial charge in [-0.25, -0.2) is 0 Å². The molecule has 10 heteroatoms. The number of hydrogen-bond donors (Lipinski definition) is 1. The van der Waals surface area contributed by atoms with Crippen LogP contribution < -0.4 is 4.74 Å². The fraction of sp³-hybridized carbons (Fsp3) is 0.250. The van der Waals surface area contributed by atoms with E-state index in [1.54, 1.807) is 25.5 Å². The maximum atomic E-state index is 12.6. The number of esters is 2. The summed E-state index contributed by atoms with van der Waals surface area (Å²) in [6, 6.07) is 15.2. The van der Waals surface area contributed by atoms with Gasteiger partial charge in [-0.05, 0) is 44.2 Å². The lowest BCUT2D eigenvalue weighted by molar-refractivity contribution is -0.152. The predicted octanol–water partition coefficient (Wildman–Crippen LogP) is 4.01. The molecular weight excluding hydrogens is 456 g/mol. The molecule has 0 radical (unpaired) electrons. The van der Waals surface area contributed by atoms with Crippen molar-refractivity contribution in [3.8, 4) is 22.8 Å². The molecule has 4 aromatic rings. The van der Waals surface area contributed by atoms with Crippen LogP contribution in [0.4, 0.5) is 0 Å². The number of nitrogens with zero attached hydrogens (tertiary/aromatic N) is 3. The van der Waals surface area contributed by atoms with Crippen LogP contribution in [0, 0.1) is 0 Å². The summed E-state index contributed by atoms with van der Waals surface area (Å²) >= 11 is 0.939. The lowest BCUT2D eigenvalue weighted by Crippen LogP contribution is -2.31. The monoisotopic (exact) mass is 480 g/mol. The van der Waals surface area contributed by atoms with Crippen molar-refractivity contribution >= 4 is 34.6 Å². The highest BCUT2D eigenvalue weighted by atomic mass is 32.2. The number of thioether (sulfide) groups is 1. The topological polar surface area (TPSA) is 108 Å². The zero-order valence-corrected chi connectivity index (χ0v) is 19.8. The third kappa shape index (κ3) is 4.62. The van der Waals surface area contributed by atoms with Crippen molar-refractivity contribution < 1.29 is 23.8 Å². The molecule has 0 bridgehead atoms. The Morgan fingerprint density at radius 1 is 1.00 bits per heavy atom. The number of fused-ring (bicyclic) bond motifs is 1. The minimum absolute atomic E-state index is 0.140. The zero-order valence-electron chi connectivity index (χ0n) is 19.0. The van der Waals surface area contributed by atoms with Crippen LogP contribution in [0.3, 0.4) is 0 Å². The van der Waals surface area contributed by atoms with Gasteiger partial charge in [-0.15, -0.1) is 10.2 Å². The van der Waals surface area contributed by atoms with Gasteiger partial charge in [0.05, 0.1) is 26.0 Å². The minimum atomic E-state index is -1.24. The molecule has 0 aliphatic rings. The summed E-state index contributed by atoms with van der Waals surface area (Å²) < 4.78 is 17.3. The molecule has 0 spiro atoms. The van der Waals surface area contributed by atoms with Gasteiger partial charge in [0.2, 0.25) is 5.25 Å². The summed E-state index contributed by atoms with van der Waals surface area (Å²) in [5, 5.41) is 8.84. The van der Waals surface area contributed by atoms with Gasteiger partial charge in [0.1, 0.15) is 5.75 Å². The van der Waals surface area contributed by atoms with Crippen LogP contribution in [-0.4, -0.2) is 57.3 Å². The molecule has 2 aromatic carbocycles. The third-order valence-corrected chi connectivity index (χ3v) is 6.11. The van der Waals surface area contributed by atoms with Crippen molar-refractivity contribution in [3.05, 3.63) is 54.7 Å². The number of nitrogens with one attached hydrogen (secondary N) is 1. The number of carbonyl (C=O) groups is 2. The first-order chi connectivity index (χ1) is 16.6. The third-order valence-electron chi connectivity index (χ3n) is 5.02. The van der Waals surface area contributed by atoms with Gasteiger partial charge < -0.3 is 19.2 Å². The predicted molar refractivity (Wildman–Crippen MR) is 128 cm³/mol. The van der Waals surface area contributed by atoms with Gasteiger partial charge in [-0.2, -0.15) is 0 Å². The molecule has 4 rings (SSSR count). The van der Waals surface area contributed by atoms with Gasteiger partial charge in [-0.3, -0.25) is 14.2 Å². The molecule has 0 aliphatic carbocycles. The molecule has 2 aromatic heterocycles. The number of methoxy groups -OCH3 is 1. The number of H-pyrrole nitrogens is 1. The Bertz CT molecular complexity index is 1280. The number of carbonyl (C=O) groups excluding carboxylic acids is 2. The maximum absolute atomic E-state index is 12.6. The van der Waals surface area contributed by atoms with E-state index in [1.807, 2.05) is 54.7 Å². The van der Waals surface area contributed by atoms with Crippen molar-refractivity contribution in [2.75, 3.05) is 20.3 Å². The first kappa shape index (κ1) is 23.4. The van der Waals surface area contributed by atoms with Gasteiger partial charge in [0.25, 0.3) is 0 Å². The largest absolute Gasteiger partial charge is 0.497 e. The fourth-order valence-corrected chi connectivity index (χ4v) is 4.40. The Morgan fingerprint density at radius 3 is 2.32 bits per heavy atom. The van der Waals surface area contributed by atoms with E-state index in [0.29, 0.717) is 16.7 Å². The fourth-order valence-electron chi connectivity index (χ4n) is 3.48. The molecular formula is C24H24N4O5S. The van der Waals surface area contributed by atoms with E-state index in [1.165, 1.54) is 0 Å². The summed E-state index contributed by atoms with van der Waals surface area (Å²) in [6.45, 7) is 3.64. The van der Waals surface area contributed by atoms with Crippen molar-refractivity contribution in [2.24, 2.45) is 0 Å². The lowest BCUT2D eigenvalue weighted by Gasteiger charge is -2.15. The molecule has 0 saturated heterocycles. The Labute approximate surface area is 200 Å². The second kappa shape index (κ2) is 10.4. The highest BCUT2D eigenvalue weighted by Crippen LogP contribution is 2.34. The summed E-state index contributed by atoms with van der Waals surface area (Å²) in [5.41, 5.74) is 2.52. The van der Waals surface area contributed by atoms with E-state index < -0.39 is 17.2 Å². The molecule has 0 saturated carbocycles. The Balaban J connectivity index is 1.83. The molecule has 34 heavy (non-hydrogen) atoms. The standard InChI is InChI=1S/C24H24N4O5S/c1-4-32-22(29)20(23(30)33-5-2)34-24-27-26-21(18-14-25-19-9-7-6-8-17(18)19)28(24)15-10-12-16(31-3)13-11-15/h6-14,20,25H,4-5H2,1-3H3. The van der Waals surface area contributed by atoms with Crippen LogP contribution in [0.5, 0.6) is 5.75 Å². The van der Waals surface area contributed by atoms with E-state index in [0.717, 1.165) is 33.9 Å². The molecule has 2 heterocycles. The second-order valence-electron chi connectivity index (χ2n) is 7.09. The normalized spacial score (nSPS) is 11.1. The quantitative estimate of drug-likeness (QED) is 0.217. The number of para-hydroxylation sites is 1. The molecule has 0 atom stereocenters. The van der Waals surface area contributed by atoms with Crippen LogP contribution in [-0.2, 0) is 19.1 Å². The van der Waals surface area contributed by atoms with Crippen molar-refractivity contribution in [1.29, 1.82) is 0 Å². The average molecular weight is 481 g/mol. The highest BCUT2D eigenvalue weighted by molar-refractivity contribution is 8.01. The molecule has 0 unspecified atom stereocenters. The maximum Gasteiger partial charge on any atom is 0.331 e. The van der Waals surface area contributed by atoms with Crippen LogP contribution in [0.25, 0.3) is 28.0 Å². The molecule has 0 amide bonds. The van der Waals surface area contributed by atoms with E-state index >= 15 is 0 Å². The van der Waals surface area contributed by atoms with E-state index in [-0.39, 0.29) is 13.2 Å². The molecule has 1 N–H and O–H groups in total. The number of aromatic nitrogens is 4. The number of benzene rings is 2. The van der Waals surface area contributed by atoms with Crippen molar-refractivity contribution in [3.63, 3.8) is 0 Å². The SMILES string of the molecule is CCOC(=O)C(Sc1nnc(-c2c[nH]c3ccccc23)n1-c1ccc(OC)cc1)C(=O)OCC. The Kier molecular flexibility index (Phi) is 7.17. The summed E-state index contributed by atoms with van der Waals surface area (Å²) in [4.78, 5) is 28.4. The van der Waals surface area contributed by atoms with Crippen LogP contribution in [0.1, 0.15) is 13.8 Å². The zero-order chi connectivity index (χ0) is 24.1. The van der Waals surface area contributed by atoms with Crippen molar-refractivity contribution in [2.45, 2.75) is 24.3 Å². The smallest absolute Gasteiger partial charge is 0.331 e. The first-order valence-corrected chi connectivity index (χ1v) is 11.6.